The number of esters is 1. The minimum absolute atomic E-state index is 0.0203. The molecule has 0 unspecified atom stereocenters. The smallest absolute Gasteiger partial charge is 0.323 e. The van der Waals surface area contributed by atoms with Crippen LogP contribution < -0.4 is 5.43 Å². The highest BCUT2D eigenvalue weighted by molar-refractivity contribution is 5.81. The molecule has 0 radical (unpaired) electrons. The van der Waals surface area contributed by atoms with Gasteiger partial charge in [0.05, 0.1) is 11.8 Å². The third-order valence-corrected chi connectivity index (χ3v) is 4.93. The number of halogens is 2. The first-order chi connectivity index (χ1) is 15.5. The van der Waals surface area contributed by atoms with E-state index in [4.69, 9.17) is 4.74 Å². The van der Waals surface area contributed by atoms with Gasteiger partial charge in [-0.25, -0.2) is 13.8 Å². The van der Waals surface area contributed by atoms with E-state index in [1.165, 1.54) is 35.0 Å². The summed E-state index contributed by atoms with van der Waals surface area (Å²) in [5, 5.41) is 9.63. The van der Waals surface area contributed by atoms with E-state index in [9.17, 15) is 28.3 Å². The Labute approximate surface area is 188 Å². The lowest BCUT2D eigenvalue weighted by molar-refractivity contribution is -0.154. The zero-order chi connectivity index (χ0) is 24.3. The first-order valence-corrected chi connectivity index (χ1v) is 10.3. The molecule has 9 heteroatoms. The molecule has 0 aliphatic heterocycles. The summed E-state index contributed by atoms with van der Waals surface area (Å²) in [5.41, 5.74) is -0.826. The SMILES string of the molecule is CC(C)(C)OC(=O)Cc1c(CCc2cccc(F)c2F)n(CC(=O)O)c2ncccc2c1=O. The summed E-state index contributed by atoms with van der Waals surface area (Å²) in [5.74, 6) is -3.88. The van der Waals surface area contributed by atoms with Crippen molar-refractivity contribution >= 4 is 23.0 Å². The number of fused-ring (bicyclic) bond motifs is 1. The molecule has 3 rings (SSSR count). The Morgan fingerprint density at radius 1 is 1.12 bits per heavy atom. The van der Waals surface area contributed by atoms with Gasteiger partial charge in [-0.3, -0.25) is 14.4 Å². The van der Waals surface area contributed by atoms with Crippen molar-refractivity contribution in [3.8, 4) is 0 Å². The van der Waals surface area contributed by atoms with Crippen LogP contribution in [-0.2, 0) is 40.1 Å². The number of carbonyl (C=O) groups excluding carboxylic acids is 1. The Balaban J connectivity index is 2.17. The van der Waals surface area contributed by atoms with E-state index in [1.807, 2.05) is 0 Å². The molecule has 7 nitrogen and oxygen atoms in total. The van der Waals surface area contributed by atoms with E-state index in [-0.39, 0.29) is 40.7 Å². The number of carbonyl (C=O) groups is 2. The van der Waals surface area contributed by atoms with E-state index in [0.29, 0.717) is 0 Å². The summed E-state index contributed by atoms with van der Waals surface area (Å²) in [6, 6.07) is 6.80. The molecule has 2 aromatic heterocycles. The summed E-state index contributed by atoms with van der Waals surface area (Å²) < 4.78 is 34.6. The molecule has 0 aliphatic carbocycles. The molecule has 0 saturated carbocycles. The second kappa shape index (κ2) is 9.48. The fraction of sp³-hybridized carbons (Fsp3) is 0.333. The number of aromatic nitrogens is 2. The maximum absolute atomic E-state index is 14.2. The van der Waals surface area contributed by atoms with Crippen LogP contribution in [0.25, 0.3) is 11.0 Å². The summed E-state index contributed by atoms with van der Waals surface area (Å²) in [6.07, 6.45) is 0.973. The Hall–Kier alpha value is -3.62. The monoisotopic (exact) mass is 458 g/mol. The normalized spacial score (nSPS) is 11.5. The molecular formula is C24H24F2N2O5. The molecule has 0 saturated heterocycles. The van der Waals surface area contributed by atoms with Crippen LogP contribution in [0.1, 0.15) is 37.6 Å². The highest BCUT2D eigenvalue weighted by Gasteiger charge is 2.24. The van der Waals surface area contributed by atoms with Gasteiger partial charge in [-0.2, -0.15) is 0 Å². The molecule has 0 atom stereocenters. The molecule has 0 fully saturated rings. The van der Waals surface area contributed by atoms with E-state index in [2.05, 4.69) is 4.98 Å². The zero-order valence-corrected chi connectivity index (χ0v) is 18.5. The number of hydrogen-bond acceptors (Lipinski definition) is 5. The van der Waals surface area contributed by atoms with E-state index < -0.39 is 47.6 Å². The average molecular weight is 458 g/mol. The second-order valence-corrected chi connectivity index (χ2v) is 8.58. The maximum atomic E-state index is 14.2. The van der Waals surface area contributed by atoms with Gasteiger partial charge in [0, 0.05) is 17.5 Å². The number of carboxylic acid groups (broad SMARTS) is 1. The fourth-order valence-corrected chi connectivity index (χ4v) is 3.66. The summed E-state index contributed by atoms with van der Waals surface area (Å²) >= 11 is 0. The Morgan fingerprint density at radius 2 is 1.85 bits per heavy atom. The number of carboxylic acids is 1. The van der Waals surface area contributed by atoms with Gasteiger partial charge in [0.25, 0.3) is 0 Å². The number of hydrogen-bond donors (Lipinski definition) is 1. The lowest BCUT2D eigenvalue weighted by Crippen LogP contribution is -2.29. The van der Waals surface area contributed by atoms with Gasteiger partial charge in [-0.05, 0) is 57.4 Å². The van der Waals surface area contributed by atoms with E-state index >= 15 is 0 Å². The van der Waals surface area contributed by atoms with Crippen molar-refractivity contribution in [2.24, 2.45) is 0 Å². The number of pyridine rings is 2. The van der Waals surface area contributed by atoms with Crippen molar-refractivity contribution in [2.45, 2.75) is 52.2 Å². The fourth-order valence-electron chi connectivity index (χ4n) is 3.66. The Bertz CT molecular complexity index is 1280. The number of ether oxygens (including phenoxy) is 1. The van der Waals surface area contributed by atoms with Crippen molar-refractivity contribution in [2.75, 3.05) is 0 Å². The quantitative estimate of drug-likeness (QED) is 0.545. The van der Waals surface area contributed by atoms with Gasteiger partial charge in [0.1, 0.15) is 17.8 Å². The van der Waals surface area contributed by atoms with Crippen molar-refractivity contribution in [3.05, 3.63) is 75.2 Å². The first-order valence-electron chi connectivity index (χ1n) is 10.3. The van der Waals surface area contributed by atoms with Gasteiger partial charge in [0.15, 0.2) is 17.1 Å². The highest BCUT2D eigenvalue weighted by atomic mass is 19.2. The van der Waals surface area contributed by atoms with Gasteiger partial charge >= 0.3 is 11.9 Å². The highest BCUT2D eigenvalue weighted by Crippen LogP contribution is 2.21. The molecule has 1 aromatic carbocycles. The van der Waals surface area contributed by atoms with Crippen LogP contribution in [0.5, 0.6) is 0 Å². The molecule has 3 aromatic rings. The van der Waals surface area contributed by atoms with Crippen LogP contribution in [0.3, 0.4) is 0 Å². The van der Waals surface area contributed by atoms with Crippen LogP contribution in [-0.4, -0.2) is 32.2 Å². The largest absolute Gasteiger partial charge is 0.480 e. The molecular weight excluding hydrogens is 434 g/mol. The number of benzene rings is 1. The summed E-state index contributed by atoms with van der Waals surface area (Å²) in [6.45, 7) is 4.53. The minimum Gasteiger partial charge on any atom is -0.480 e. The molecule has 33 heavy (non-hydrogen) atoms. The Kier molecular flexibility index (Phi) is 6.90. The van der Waals surface area contributed by atoms with E-state index in [0.717, 1.165) is 6.07 Å². The predicted molar refractivity (Wildman–Crippen MR) is 117 cm³/mol. The average Bonchev–Trinajstić information content (AvgIpc) is 2.72. The topological polar surface area (TPSA) is 98.5 Å². The lowest BCUT2D eigenvalue weighted by Gasteiger charge is -2.22. The van der Waals surface area contributed by atoms with Crippen LogP contribution in [0, 0.1) is 11.6 Å². The molecule has 0 aliphatic rings. The van der Waals surface area contributed by atoms with Gasteiger partial charge in [-0.1, -0.05) is 12.1 Å². The minimum atomic E-state index is -1.19. The van der Waals surface area contributed by atoms with Gasteiger partial charge in [-0.15, -0.1) is 0 Å². The number of aliphatic carboxylic acids is 1. The van der Waals surface area contributed by atoms with Crippen LogP contribution in [0.2, 0.25) is 0 Å². The zero-order valence-electron chi connectivity index (χ0n) is 18.5. The van der Waals surface area contributed by atoms with Crippen LogP contribution in [0.4, 0.5) is 8.78 Å². The lowest BCUT2D eigenvalue weighted by atomic mass is 9.99. The van der Waals surface area contributed by atoms with Gasteiger partial charge in [0.2, 0.25) is 0 Å². The van der Waals surface area contributed by atoms with Crippen molar-refractivity contribution in [1.82, 2.24) is 9.55 Å². The van der Waals surface area contributed by atoms with Crippen LogP contribution >= 0.6 is 0 Å². The molecule has 1 N–H and O–H groups in total. The van der Waals surface area contributed by atoms with Crippen molar-refractivity contribution < 1.29 is 28.2 Å². The molecule has 2 heterocycles. The van der Waals surface area contributed by atoms with Crippen molar-refractivity contribution in [3.63, 3.8) is 0 Å². The van der Waals surface area contributed by atoms with Crippen molar-refractivity contribution in [1.29, 1.82) is 0 Å². The predicted octanol–water partition coefficient (Wildman–Crippen LogP) is 3.43. The standard InChI is InChI=1S/C24H24F2N2O5/c1-24(2,3)33-20(31)12-16-18(10-9-14-6-4-8-17(25)21(14)26)28(13-19(29)30)23-15(22(16)32)7-5-11-27-23/h4-8,11H,9-10,12-13H2,1-3H3,(H,29,30). The van der Waals surface area contributed by atoms with Gasteiger partial charge < -0.3 is 14.4 Å². The molecule has 0 spiro atoms. The molecule has 0 bridgehead atoms. The molecule has 174 valence electrons. The number of nitrogens with zero attached hydrogens (tertiary/aromatic N) is 2. The third kappa shape index (κ3) is 5.60. The summed E-state index contributed by atoms with van der Waals surface area (Å²) in [7, 11) is 0. The molecule has 0 amide bonds. The third-order valence-electron chi connectivity index (χ3n) is 4.93. The Morgan fingerprint density at radius 3 is 2.52 bits per heavy atom. The summed E-state index contributed by atoms with van der Waals surface area (Å²) in [4.78, 5) is 41.6. The second-order valence-electron chi connectivity index (χ2n) is 8.58. The number of rotatable bonds is 7. The maximum Gasteiger partial charge on any atom is 0.323 e. The van der Waals surface area contributed by atoms with E-state index in [1.54, 1.807) is 20.8 Å². The first kappa shape index (κ1) is 24.0. The number of aryl methyl sites for hydroxylation is 1. The van der Waals surface area contributed by atoms with Crippen LogP contribution in [0.15, 0.2) is 41.3 Å².